The average Bonchev–Trinajstić information content (AvgIpc) is 3.51. The lowest BCUT2D eigenvalue weighted by Crippen LogP contribution is -2.35. The van der Waals surface area contributed by atoms with E-state index in [4.69, 9.17) is 5.73 Å². The number of aromatic nitrogens is 4. The van der Waals surface area contributed by atoms with E-state index >= 15 is 0 Å². The molecule has 1 aliphatic rings. The molecule has 0 saturated carbocycles. The number of hydrogen-bond acceptors (Lipinski definition) is 5. The van der Waals surface area contributed by atoms with Gasteiger partial charge in [-0.2, -0.15) is 5.10 Å². The van der Waals surface area contributed by atoms with Crippen LogP contribution in [0.2, 0.25) is 0 Å². The molecular formula is C23H23F2N7O2. The molecule has 1 aromatic carbocycles. The number of amides is 2. The number of nitrogens with two attached hydrogens (primary N) is 1. The van der Waals surface area contributed by atoms with Gasteiger partial charge in [-0.25, -0.2) is 18.4 Å². The summed E-state index contributed by atoms with van der Waals surface area (Å²) >= 11 is 0. The number of rotatable bonds is 5. The molecule has 3 heterocycles. The summed E-state index contributed by atoms with van der Waals surface area (Å²) in [5.74, 6) is 4.03. The normalized spacial score (nSPS) is 17.5. The number of hydrogen-bond donors (Lipinski definition) is 2. The number of likely N-dealkylation sites (tertiary alicyclic amines) is 1. The smallest absolute Gasteiger partial charge is 0.255 e. The number of carbonyl (C=O) groups is 2. The van der Waals surface area contributed by atoms with E-state index in [0.717, 1.165) is 6.08 Å². The van der Waals surface area contributed by atoms with Gasteiger partial charge in [0.2, 0.25) is 5.91 Å². The fourth-order valence-corrected chi connectivity index (χ4v) is 4.23. The van der Waals surface area contributed by atoms with Gasteiger partial charge in [0, 0.05) is 26.7 Å². The van der Waals surface area contributed by atoms with Crippen LogP contribution in [0.3, 0.4) is 0 Å². The van der Waals surface area contributed by atoms with E-state index in [1.54, 1.807) is 25.0 Å². The van der Waals surface area contributed by atoms with Crippen molar-refractivity contribution in [2.24, 2.45) is 12.8 Å². The highest BCUT2D eigenvalue weighted by atomic mass is 19.1. The number of nitrogens with zero attached hydrogens (tertiary/aromatic N) is 5. The third-order valence-corrected chi connectivity index (χ3v) is 5.90. The van der Waals surface area contributed by atoms with E-state index in [0.29, 0.717) is 11.0 Å². The Kier molecular flexibility index (Phi) is 6.06. The second kappa shape index (κ2) is 8.97. The molecule has 0 bridgehead atoms. The Bertz CT molecular complexity index is 1370. The van der Waals surface area contributed by atoms with E-state index in [1.807, 2.05) is 0 Å². The van der Waals surface area contributed by atoms with Gasteiger partial charge in [-0.15, -0.1) is 0 Å². The zero-order valence-corrected chi connectivity index (χ0v) is 18.7. The number of fused-ring (bicyclic) bond motifs is 1. The topological polar surface area (TPSA) is 111 Å². The van der Waals surface area contributed by atoms with Crippen LogP contribution in [0.25, 0.3) is 11.0 Å². The summed E-state index contributed by atoms with van der Waals surface area (Å²) in [6.07, 6.45) is 2.98. The van der Waals surface area contributed by atoms with Crippen LogP contribution in [0.4, 0.5) is 14.6 Å². The number of anilines is 1. The summed E-state index contributed by atoms with van der Waals surface area (Å²) in [7, 11) is 3.34. The molecule has 34 heavy (non-hydrogen) atoms. The van der Waals surface area contributed by atoms with Gasteiger partial charge < -0.3 is 20.5 Å². The van der Waals surface area contributed by atoms with E-state index in [9.17, 15) is 18.4 Å². The maximum atomic E-state index is 14.6. The summed E-state index contributed by atoms with van der Waals surface area (Å²) in [6, 6.07) is 1.77. The van der Waals surface area contributed by atoms with Crippen molar-refractivity contribution in [3.8, 4) is 11.8 Å². The highest BCUT2D eigenvalue weighted by molar-refractivity contribution is 6.00. The molecule has 176 valence electrons. The average molecular weight is 467 g/mol. The van der Waals surface area contributed by atoms with Crippen LogP contribution in [-0.2, 0) is 11.8 Å². The number of benzene rings is 1. The summed E-state index contributed by atoms with van der Waals surface area (Å²) in [5, 5.41) is 7.33. The van der Waals surface area contributed by atoms with Crippen LogP contribution in [0.5, 0.6) is 0 Å². The van der Waals surface area contributed by atoms with Crippen molar-refractivity contribution in [3.05, 3.63) is 53.8 Å². The van der Waals surface area contributed by atoms with Gasteiger partial charge in [-0.05, 0) is 24.5 Å². The molecule has 9 nitrogen and oxygen atoms in total. The second-order valence-corrected chi connectivity index (χ2v) is 7.95. The van der Waals surface area contributed by atoms with Crippen LogP contribution < -0.4 is 11.1 Å². The Morgan fingerprint density at radius 3 is 2.79 bits per heavy atom. The van der Waals surface area contributed by atoms with Crippen LogP contribution in [0, 0.1) is 17.7 Å². The molecule has 2 aromatic heterocycles. The minimum Gasteiger partial charge on any atom is -0.373 e. The lowest BCUT2D eigenvalue weighted by molar-refractivity contribution is -0.127. The first-order chi connectivity index (χ1) is 16.3. The fraction of sp³-hybridized carbons (Fsp3) is 0.304. The van der Waals surface area contributed by atoms with Crippen LogP contribution in [0.1, 0.15) is 34.1 Å². The molecule has 1 aliphatic heterocycles. The summed E-state index contributed by atoms with van der Waals surface area (Å²) in [5.41, 5.74) is 6.95. The molecule has 0 spiro atoms. The predicted molar refractivity (Wildman–Crippen MR) is 122 cm³/mol. The largest absolute Gasteiger partial charge is 0.373 e. The number of carbonyl (C=O) groups excluding carboxylic acids is 2. The van der Waals surface area contributed by atoms with Crippen molar-refractivity contribution in [3.63, 3.8) is 0 Å². The van der Waals surface area contributed by atoms with E-state index in [-0.39, 0.29) is 41.5 Å². The van der Waals surface area contributed by atoms with Gasteiger partial charge in [0.1, 0.15) is 23.9 Å². The van der Waals surface area contributed by atoms with Crippen LogP contribution in [-0.4, -0.2) is 62.4 Å². The minimum atomic E-state index is -0.778. The number of aryl methyl sites for hydroxylation is 1. The van der Waals surface area contributed by atoms with Crippen molar-refractivity contribution < 1.29 is 18.4 Å². The number of imidazole rings is 1. The van der Waals surface area contributed by atoms with Crippen molar-refractivity contribution in [1.29, 1.82) is 0 Å². The third-order valence-electron chi connectivity index (χ3n) is 5.90. The van der Waals surface area contributed by atoms with Gasteiger partial charge in [-0.1, -0.05) is 12.5 Å². The molecule has 0 unspecified atom stereocenters. The van der Waals surface area contributed by atoms with Gasteiger partial charge in [0.25, 0.3) is 5.91 Å². The van der Waals surface area contributed by atoms with E-state index in [1.165, 1.54) is 21.7 Å². The maximum Gasteiger partial charge on any atom is 0.255 e. The van der Waals surface area contributed by atoms with Gasteiger partial charge >= 0.3 is 0 Å². The van der Waals surface area contributed by atoms with Crippen molar-refractivity contribution >= 4 is 28.7 Å². The van der Waals surface area contributed by atoms with E-state index < -0.39 is 30.5 Å². The molecule has 1 fully saturated rings. The Morgan fingerprint density at radius 2 is 2.15 bits per heavy atom. The number of alkyl halides is 1. The molecule has 0 radical (unpaired) electrons. The summed E-state index contributed by atoms with van der Waals surface area (Å²) < 4.78 is 31.4. The number of halogens is 2. The van der Waals surface area contributed by atoms with Crippen molar-refractivity contribution in [2.45, 2.75) is 18.5 Å². The molecule has 4 rings (SSSR count). The van der Waals surface area contributed by atoms with Crippen LogP contribution in [0.15, 0.2) is 31.1 Å². The Morgan fingerprint density at radius 1 is 1.38 bits per heavy atom. The van der Waals surface area contributed by atoms with Gasteiger partial charge in [0.15, 0.2) is 5.69 Å². The van der Waals surface area contributed by atoms with Gasteiger partial charge in [0.05, 0.1) is 35.0 Å². The molecular weight excluding hydrogens is 444 g/mol. The van der Waals surface area contributed by atoms with Crippen LogP contribution >= 0.6 is 0 Å². The zero-order chi connectivity index (χ0) is 24.6. The van der Waals surface area contributed by atoms with E-state index in [2.05, 4.69) is 33.8 Å². The Labute approximate surface area is 194 Å². The van der Waals surface area contributed by atoms with Crippen molar-refractivity contribution in [2.75, 3.05) is 25.6 Å². The molecule has 0 aliphatic carbocycles. The Hall–Kier alpha value is -4.20. The monoisotopic (exact) mass is 467 g/mol. The molecule has 1 saturated heterocycles. The SMILES string of the molecule is C=CC(=O)N1C[C@@H](n2nc(C#Cc3cc4ncn(C)c4cc3F)c(C(N)=O)c2NC)C[C@@H]1CF. The Balaban J connectivity index is 1.76. The first kappa shape index (κ1) is 23.0. The highest BCUT2D eigenvalue weighted by Gasteiger charge is 2.37. The highest BCUT2D eigenvalue weighted by Crippen LogP contribution is 2.32. The quantitative estimate of drug-likeness (QED) is 0.439. The number of primary amides is 1. The zero-order valence-electron chi connectivity index (χ0n) is 18.7. The molecule has 3 N–H and O–H groups in total. The summed E-state index contributed by atoms with van der Waals surface area (Å²) in [4.78, 5) is 30.0. The standard InChI is InChI=1S/C23H23F2N7O2/c1-4-20(33)31-11-15(8-14(31)10-24)32-23(27-2)21(22(26)34)17(29-32)6-5-13-7-18-19(9-16(13)25)30(3)12-28-18/h4,7,9,12,14-15,27H,1,8,10-11H2,2-3H3,(H2,26,34)/t14-,15+/m1/s1. The van der Waals surface area contributed by atoms with Gasteiger partial charge in [-0.3, -0.25) is 9.59 Å². The van der Waals surface area contributed by atoms with Crippen molar-refractivity contribution in [1.82, 2.24) is 24.2 Å². The predicted octanol–water partition coefficient (Wildman–Crippen LogP) is 1.75. The maximum absolute atomic E-state index is 14.6. The lowest BCUT2D eigenvalue weighted by atomic mass is 10.1. The number of nitrogens with one attached hydrogen (secondary N) is 1. The second-order valence-electron chi connectivity index (χ2n) is 7.95. The first-order valence-corrected chi connectivity index (χ1v) is 10.5. The lowest BCUT2D eigenvalue weighted by Gasteiger charge is -2.20. The minimum absolute atomic E-state index is 0.0274. The first-order valence-electron chi connectivity index (χ1n) is 10.5. The fourth-order valence-electron chi connectivity index (χ4n) is 4.23. The molecule has 2 amide bonds. The summed E-state index contributed by atoms with van der Waals surface area (Å²) in [6.45, 7) is 2.91. The molecule has 2 atom stereocenters. The molecule has 3 aromatic rings. The third kappa shape index (κ3) is 3.87. The molecule has 11 heteroatoms.